The van der Waals surface area contributed by atoms with Crippen LogP contribution in [0.5, 0.6) is 0 Å². The van der Waals surface area contributed by atoms with Crippen LogP contribution in [-0.2, 0) is 9.53 Å². The first kappa shape index (κ1) is 16.3. The molecule has 1 aromatic rings. The van der Waals surface area contributed by atoms with Crippen LogP contribution in [0.2, 0.25) is 0 Å². The molecular weight excluding hydrogens is 287 g/mol. The first-order valence-corrected chi connectivity index (χ1v) is 7.51. The summed E-state index contributed by atoms with van der Waals surface area (Å²) in [6, 6.07) is 4.08. The van der Waals surface area contributed by atoms with Gasteiger partial charge in [-0.25, -0.2) is 9.18 Å². The van der Waals surface area contributed by atoms with Gasteiger partial charge in [0.05, 0.1) is 24.9 Å². The Kier molecular flexibility index (Phi) is 5.75. The highest BCUT2D eigenvalue weighted by Crippen LogP contribution is 2.18. The third-order valence-corrected chi connectivity index (χ3v) is 3.80. The van der Waals surface area contributed by atoms with E-state index < -0.39 is 11.8 Å². The number of carbonyl (C=O) groups is 2. The quantitative estimate of drug-likeness (QED) is 0.820. The van der Waals surface area contributed by atoms with Gasteiger partial charge in [-0.2, -0.15) is 0 Å². The lowest BCUT2D eigenvalue weighted by Crippen LogP contribution is -2.39. The molecule has 0 bridgehead atoms. The van der Waals surface area contributed by atoms with Crippen LogP contribution in [-0.4, -0.2) is 31.6 Å². The van der Waals surface area contributed by atoms with E-state index in [2.05, 4.69) is 15.4 Å². The number of anilines is 1. The normalized spacial score (nSPS) is 15.2. The van der Waals surface area contributed by atoms with Crippen molar-refractivity contribution in [2.45, 2.75) is 38.1 Å². The second-order valence-corrected chi connectivity index (χ2v) is 5.44. The van der Waals surface area contributed by atoms with E-state index in [1.54, 1.807) is 0 Å². The van der Waals surface area contributed by atoms with Crippen molar-refractivity contribution in [3.05, 3.63) is 29.6 Å². The predicted molar refractivity (Wildman–Crippen MR) is 81.2 cm³/mol. The van der Waals surface area contributed by atoms with Gasteiger partial charge in [-0.05, 0) is 31.0 Å². The molecule has 1 fully saturated rings. The predicted octanol–water partition coefficient (Wildman–Crippen LogP) is 2.47. The molecule has 0 heterocycles. The molecule has 1 saturated carbocycles. The van der Waals surface area contributed by atoms with Gasteiger partial charge >= 0.3 is 5.97 Å². The monoisotopic (exact) mass is 308 g/mol. The van der Waals surface area contributed by atoms with Gasteiger partial charge in [-0.3, -0.25) is 4.79 Å². The molecule has 2 rings (SSSR count). The van der Waals surface area contributed by atoms with Crippen molar-refractivity contribution in [2.75, 3.05) is 19.0 Å². The highest BCUT2D eigenvalue weighted by atomic mass is 19.1. The van der Waals surface area contributed by atoms with Crippen LogP contribution in [0.15, 0.2) is 18.2 Å². The molecule has 0 aromatic heterocycles. The molecule has 0 aliphatic heterocycles. The van der Waals surface area contributed by atoms with E-state index in [1.807, 2.05) is 0 Å². The fourth-order valence-electron chi connectivity index (χ4n) is 2.61. The topological polar surface area (TPSA) is 67.4 Å². The van der Waals surface area contributed by atoms with Crippen molar-refractivity contribution in [1.82, 2.24) is 5.32 Å². The first-order chi connectivity index (χ1) is 10.6. The molecule has 1 amide bonds. The smallest absolute Gasteiger partial charge is 0.337 e. The Morgan fingerprint density at radius 2 is 2.00 bits per heavy atom. The number of hydrogen-bond donors (Lipinski definition) is 2. The molecule has 0 spiro atoms. The van der Waals surface area contributed by atoms with Crippen molar-refractivity contribution in [3.63, 3.8) is 0 Å². The van der Waals surface area contributed by atoms with Gasteiger partial charge in [-0.1, -0.05) is 19.3 Å². The van der Waals surface area contributed by atoms with Gasteiger partial charge in [0.25, 0.3) is 0 Å². The maximum absolute atomic E-state index is 13.7. The van der Waals surface area contributed by atoms with Gasteiger partial charge in [0, 0.05) is 6.04 Å². The molecular formula is C16H21FN2O3. The van der Waals surface area contributed by atoms with Crippen LogP contribution in [0.25, 0.3) is 0 Å². The van der Waals surface area contributed by atoms with Crippen molar-refractivity contribution >= 4 is 17.6 Å². The maximum Gasteiger partial charge on any atom is 0.337 e. The Hall–Kier alpha value is -2.11. The second-order valence-electron chi connectivity index (χ2n) is 5.44. The lowest BCUT2D eigenvalue weighted by Gasteiger charge is -2.22. The van der Waals surface area contributed by atoms with E-state index in [1.165, 1.54) is 31.7 Å². The number of esters is 1. The van der Waals surface area contributed by atoms with Crippen LogP contribution >= 0.6 is 0 Å². The Morgan fingerprint density at radius 1 is 1.27 bits per heavy atom. The molecule has 1 aliphatic carbocycles. The van der Waals surface area contributed by atoms with Gasteiger partial charge in [0.15, 0.2) is 0 Å². The minimum absolute atomic E-state index is 0.0297. The largest absolute Gasteiger partial charge is 0.465 e. The Bertz CT molecular complexity index is 542. The molecule has 5 nitrogen and oxygen atoms in total. The highest BCUT2D eigenvalue weighted by molar-refractivity contribution is 5.90. The summed E-state index contributed by atoms with van der Waals surface area (Å²) in [6.07, 6.45) is 5.48. The van der Waals surface area contributed by atoms with Crippen molar-refractivity contribution in [1.29, 1.82) is 0 Å². The van der Waals surface area contributed by atoms with Gasteiger partial charge < -0.3 is 15.4 Å². The molecule has 0 radical (unpaired) electrons. The fourth-order valence-corrected chi connectivity index (χ4v) is 2.61. The number of ether oxygens (including phenoxy) is 1. The average molecular weight is 308 g/mol. The minimum Gasteiger partial charge on any atom is -0.465 e. The summed E-state index contributed by atoms with van der Waals surface area (Å²) in [5.41, 5.74) is 0.348. The van der Waals surface area contributed by atoms with Gasteiger partial charge in [0.1, 0.15) is 5.82 Å². The van der Waals surface area contributed by atoms with Crippen molar-refractivity contribution in [2.24, 2.45) is 0 Å². The van der Waals surface area contributed by atoms with Crippen molar-refractivity contribution < 1.29 is 18.7 Å². The number of benzene rings is 1. The number of carbonyl (C=O) groups excluding carboxylic acids is 2. The summed E-state index contributed by atoms with van der Waals surface area (Å²) < 4.78 is 18.3. The summed E-state index contributed by atoms with van der Waals surface area (Å²) in [5.74, 6) is -1.23. The van der Waals surface area contributed by atoms with E-state index in [-0.39, 0.29) is 29.7 Å². The summed E-state index contributed by atoms with van der Waals surface area (Å²) in [6.45, 7) is -0.0297. The summed E-state index contributed by atoms with van der Waals surface area (Å²) in [5, 5.41) is 5.67. The van der Waals surface area contributed by atoms with E-state index in [0.717, 1.165) is 25.7 Å². The second kappa shape index (κ2) is 7.77. The number of nitrogens with one attached hydrogen (secondary N) is 2. The molecule has 6 heteroatoms. The van der Waals surface area contributed by atoms with E-state index >= 15 is 0 Å². The zero-order chi connectivity index (χ0) is 15.9. The molecule has 1 aromatic carbocycles. The number of methoxy groups -OCH3 is 1. The Labute approximate surface area is 129 Å². The van der Waals surface area contributed by atoms with Crippen LogP contribution in [0.3, 0.4) is 0 Å². The summed E-state index contributed by atoms with van der Waals surface area (Å²) in [4.78, 5) is 23.3. The van der Waals surface area contributed by atoms with Gasteiger partial charge in [-0.15, -0.1) is 0 Å². The lowest BCUT2D eigenvalue weighted by atomic mass is 9.95. The minimum atomic E-state index is -0.547. The molecule has 1 aliphatic rings. The average Bonchev–Trinajstić information content (AvgIpc) is 2.54. The number of hydrogen-bond acceptors (Lipinski definition) is 4. The van der Waals surface area contributed by atoms with E-state index in [9.17, 15) is 14.0 Å². The molecule has 0 atom stereocenters. The zero-order valence-electron chi connectivity index (χ0n) is 12.7. The fraction of sp³-hybridized carbons (Fsp3) is 0.500. The molecule has 0 unspecified atom stereocenters. The number of rotatable bonds is 5. The Balaban J connectivity index is 1.89. The van der Waals surface area contributed by atoms with Crippen LogP contribution in [0, 0.1) is 5.82 Å². The third-order valence-electron chi connectivity index (χ3n) is 3.80. The lowest BCUT2D eigenvalue weighted by molar-refractivity contribution is -0.120. The third kappa shape index (κ3) is 4.44. The van der Waals surface area contributed by atoms with Crippen LogP contribution in [0.1, 0.15) is 42.5 Å². The SMILES string of the molecule is COC(=O)c1ccc(F)c(NCC(=O)NC2CCCCC2)c1. The van der Waals surface area contributed by atoms with Gasteiger partial charge in [0.2, 0.25) is 5.91 Å². The zero-order valence-corrected chi connectivity index (χ0v) is 12.7. The first-order valence-electron chi connectivity index (χ1n) is 7.51. The molecule has 0 saturated heterocycles. The van der Waals surface area contributed by atoms with Crippen molar-refractivity contribution in [3.8, 4) is 0 Å². The highest BCUT2D eigenvalue weighted by Gasteiger charge is 2.16. The molecule has 120 valence electrons. The standard InChI is InChI=1S/C16H21FN2O3/c1-22-16(21)11-7-8-13(17)14(9-11)18-10-15(20)19-12-5-3-2-4-6-12/h7-9,12,18H,2-6,10H2,1H3,(H,19,20). The van der Waals surface area contributed by atoms with Crippen LogP contribution in [0.4, 0.5) is 10.1 Å². The summed E-state index contributed by atoms with van der Waals surface area (Å²) >= 11 is 0. The molecule has 2 N–H and O–H groups in total. The van der Waals surface area contributed by atoms with Crippen LogP contribution < -0.4 is 10.6 Å². The maximum atomic E-state index is 13.7. The van der Waals surface area contributed by atoms with E-state index in [4.69, 9.17) is 0 Å². The molecule has 22 heavy (non-hydrogen) atoms. The van der Waals surface area contributed by atoms with E-state index in [0.29, 0.717) is 0 Å². The summed E-state index contributed by atoms with van der Waals surface area (Å²) in [7, 11) is 1.26. The number of halogens is 1. The number of amides is 1. The Morgan fingerprint density at radius 3 is 2.68 bits per heavy atom.